The average molecular weight is 525 g/mol. The summed E-state index contributed by atoms with van der Waals surface area (Å²) in [5, 5.41) is 1.70. The molecule has 9 nitrogen and oxygen atoms in total. The van der Waals surface area contributed by atoms with Gasteiger partial charge in [-0.1, -0.05) is 44.2 Å². The zero-order valence-electron chi connectivity index (χ0n) is 21.5. The average Bonchev–Trinajstić information content (AvgIpc) is 2.87. The Morgan fingerprint density at radius 2 is 1.70 bits per heavy atom. The smallest absolute Gasteiger partial charge is 0.498 e. The number of ketones is 1. The molecule has 196 valence electrons. The number of hydrogen-bond acceptors (Lipinski definition) is 9. The fourth-order valence-electron chi connectivity index (χ4n) is 4.09. The van der Waals surface area contributed by atoms with Crippen LogP contribution in [0, 0.1) is 5.92 Å². The van der Waals surface area contributed by atoms with Crippen LogP contribution in [0.1, 0.15) is 56.6 Å². The van der Waals surface area contributed by atoms with Crippen molar-refractivity contribution < 1.29 is 28.5 Å². The molecular formula is C26H32BN3O6S. The number of hydrogen-bond donors (Lipinski definition) is 1. The minimum atomic E-state index is -1.19. The maximum atomic E-state index is 13.7. The molecule has 1 fully saturated rings. The topological polar surface area (TPSA) is 125 Å². The van der Waals surface area contributed by atoms with E-state index in [4.69, 9.17) is 9.31 Å². The summed E-state index contributed by atoms with van der Waals surface area (Å²) in [4.78, 5) is 59.6. The van der Waals surface area contributed by atoms with Gasteiger partial charge < -0.3 is 14.6 Å². The minimum Gasteiger partial charge on any atom is -0.498 e. The lowest BCUT2D eigenvalue weighted by atomic mass is 9.64. The Kier molecular flexibility index (Phi) is 10.3. The summed E-state index contributed by atoms with van der Waals surface area (Å²) in [6, 6.07) is 8.46. The van der Waals surface area contributed by atoms with Gasteiger partial charge >= 0.3 is 19.1 Å². The zero-order chi connectivity index (χ0) is 26.9. The number of Topliss-reactive ketones (excluding diaryl/α,β-unsaturated/α-hetero) is 1. The Hall–Kier alpha value is -3.21. The van der Waals surface area contributed by atoms with Crippen LogP contribution in [0.2, 0.25) is 5.82 Å². The highest BCUT2D eigenvalue weighted by atomic mass is 32.2. The highest BCUT2D eigenvalue weighted by Gasteiger charge is 2.44. The number of carbonyl (C=O) groups excluding carboxylic acids is 4. The van der Waals surface area contributed by atoms with Crippen LogP contribution < -0.4 is 5.32 Å². The number of nitrogens with one attached hydrogen (secondary N) is 1. The minimum absolute atomic E-state index is 0.0580. The summed E-state index contributed by atoms with van der Waals surface area (Å²) >= 11 is 1.17. The highest BCUT2D eigenvalue weighted by molar-refractivity contribution is 8.01. The quantitative estimate of drug-likeness (QED) is 0.465. The standard InChI is InChI=1S/C26H32BN3O6S/c1-16(2)12-20(27-35-25(33)17(3)37-18(4)26(34)36-27)14-23(31)21(13-19-8-6-5-7-9-19)30-24(32)22-15-28-10-11-29-22/h5-11,15-18,20-21H,12-14H2,1-4H3,(H,30,32)/t17-,18+,20-,21+/m1/s1. The number of benzene rings is 1. The van der Waals surface area contributed by atoms with E-state index in [1.165, 1.54) is 30.4 Å². The number of aromatic nitrogens is 2. The van der Waals surface area contributed by atoms with Crippen molar-refractivity contribution in [1.82, 2.24) is 15.3 Å². The second-order valence-electron chi connectivity index (χ2n) is 9.53. The summed E-state index contributed by atoms with van der Waals surface area (Å²) in [5.41, 5.74) is 0.958. The number of carbonyl (C=O) groups is 4. The van der Waals surface area contributed by atoms with Crippen molar-refractivity contribution in [2.75, 3.05) is 0 Å². The summed E-state index contributed by atoms with van der Waals surface area (Å²) in [5.74, 6) is -2.22. The Morgan fingerprint density at radius 1 is 1.05 bits per heavy atom. The van der Waals surface area contributed by atoms with Crippen LogP contribution in [0.4, 0.5) is 0 Å². The third-order valence-corrected chi connectivity index (χ3v) is 7.13. The molecule has 0 spiro atoms. The molecule has 2 heterocycles. The van der Waals surface area contributed by atoms with Crippen molar-refractivity contribution in [3.05, 3.63) is 60.2 Å². The van der Waals surface area contributed by atoms with Crippen LogP contribution in [-0.4, -0.2) is 57.3 Å². The third kappa shape index (κ3) is 8.41. The van der Waals surface area contributed by atoms with Gasteiger partial charge in [0, 0.05) is 24.6 Å². The largest absolute Gasteiger partial charge is 0.602 e. The van der Waals surface area contributed by atoms with Crippen molar-refractivity contribution in [3.63, 3.8) is 0 Å². The van der Waals surface area contributed by atoms with Crippen LogP contribution in [-0.2, 0) is 30.1 Å². The lowest BCUT2D eigenvalue weighted by molar-refractivity contribution is -0.141. The molecule has 1 N–H and O–H groups in total. The van der Waals surface area contributed by atoms with E-state index in [2.05, 4.69) is 15.3 Å². The van der Waals surface area contributed by atoms with E-state index >= 15 is 0 Å². The van der Waals surface area contributed by atoms with Crippen LogP contribution >= 0.6 is 11.8 Å². The summed E-state index contributed by atoms with van der Waals surface area (Å²) in [6.07, 6.45) is 4.86. The molecule has 0 bridgehead atoms. The molecule has 0 saturated carbocycles. The Morgan fingerprint density at radius 3 is 2.27 bits per heavy atom. The first-order valence-corrected chi connectivity index (χ1v) is 13.3. The van der Waals surface area contributed by atoms with Crippen molar-refractivity contribution in [3.8, 4) is 0 Å². The van der Waals surface area contributed by atoms with E-state index in [1.54, 1.807) is 13.8 Å². The molecular weight excluding hydrogens is 493 g/mol. The molecule has 1 aliphatic heterocycles. The molecule has 0 unspecified atom stereocenters. The molecule has 1 aromatic heterocycles. The van der Waals surface area contributed by atoms with Gasteiger partial charge in [0.2, 0.25) is 0 Å². The van der Waals surface area contributed by atoms with Crippen LogP contribution in [0.5, 0.6) is 0 Å². The Bertz CT molecular complexity index is 1070. The van der Waals surface area contributed by atoms with Gasteiger partial charge in [0.15, 0.2) is 5.78 Å². The molecule has 1 aromatic carbocycles. The fraction of sp³-hybridized carbons (Fsp3) is 0.462. The lowest BCUT2D eigenvalue weighted by Gasteiger charge is -2.29. The van der Waals surface area contributed by atoms with E-state index in [9.17, 15) is 19.2 Å². The molecule has 1 aliphatic rings. The lowest BCUT2D eigenvalue weighted by Crippen LogP contribution is -2.46. The van der Waals surface area contributed by atoms with Gasteiger partial charge in [-0.15, -0.1) is 11.8 Å². The monoisotopic (exact) mass is 525 g/mol. The van der Waals surface area contributed by atoms with Gasteiger partial charge in [0.05, 0.1) is 22.7 Å². The van der Waals surface area contributed by atoms with Crippen LogP contribution in [0.15, 0.2) is 48.9 Å². The van der Waals surface area contributed by atoms with E-state index in [1.807, 2.05) is 44.2 Å². The van der Waals surface area contributed by atoms with E-state index in [-0.39, 0.29) is 30.2 Å². The van der Waals surface area contributed by atoms with Crippen molar-refractivity contribution in [2.45, 2.75) is 69.3 Å². The maximum absolute atomic E-state index is 13.7. The first-order chi connectivity index (χ1) is 17.6. The molecule has 0 radical (unpaired) electrons. The Balaban J connectivity index is 1.84. The van der Waals surface area contributed by atoms with Crippen LogP contribution in [0.3, 0.4) is 0 Å². The van der Waals surface area contributed by atoms with Gasteiger partial charge in [0.25, 0.3) is 5.91 Å². The second kappa shape index (κ2) is 13.4. The van der Waals surface area contributed by atoms with Gasteiger partial charge in [-0.3, -0.25) is 24.2 Å². The molecule has 37 heavy (non-hydrogen) atoms. The van der Waals surface area contributed by atoms with Gasteiger partial charge in [-0.05, 0) is 38.2 Å². The van der Waals surface area contributed by atoms with E-state index in [0.717, 1.165) is 5.56 Å². The van der Waals surface area contributed by atoms with E-state index < -0.39 is 47.3 Å². The number of rotatable bonds is 10. The summed E-state index contributed by atoms with van der Waals surface area (Å²) in [7, 11) is -1.19. The normalized spacial score (nSPS) is 19.8. The van der Waals surface area contributed by atoms with Crippen molar-refractivity contribution in [2.24, 2.45) is 5.92 Å². The number of thioether (sulfide) groups is 1. The van der Waals surface area contributed by atoms with Crippen molar-refractivity contribution in [1.29, 1.82) is 0 Å². The van der Waals surface area contributed by atoms with E-state index in [0.29, 0.717) is 6.42 Å². The fourth-order valence-corrected chi connectivity index (χ4v) is 5.04. The maximum Gasteiger partial charge on any atom is 0.602 e. The van der Waals surface area contributed by atoms with Gasteiger partial charge in [0.1, 0.15) is 5.69 Å². The summed E-state index contributed by atoms with van der Waals surface area (Å²) < 4.78 is 11.1. The molecule has 4 atom stereocenters. The van der Waals surface area contributed by atoms with Gasteiger partial charge in [-0.25, -0.2) is 4.98 Å². The van der Waals surface area contributed by atoms with Crippen LogP contribution in [0.25, 0.3) is 0 Å². The highest BCUT2D eigenvalue weighted by Crippen LogP contribution is 2.31. The molecule has 1 amide bonds. The molecule has 3 rings (SSSR count). The van der Waals surface area contributed by atoms with Crippen molar-refractivity contribution >= 4 is 42.5 Å². The first-order valence-electron chi connectivity index (χ1n) is 12.3. The predicted octanol–water partition coefficient (Wildman–Crippen LogP) is 3.29. The molecule has 1 saturated heterocycles. The molecule has 11 heteroatoms. The first kappa shape index (κ1) is 28.4. The second-order valence-corrected chi connectivity index (χ2v) is 11.2. The zero-order valence-corrected chi connectivity index (χ0v) is 22.3. The number of amides is 1. The molecule has 2 aromatic rings. The summed E-state index contributed by atoms with van der Waals surface area (Å²) in [6.45, 7) is 7.31. The predicted molar refractivity (Wildman–Crippen MR) is 141 cm³/mol. The third-order valence-electron chi connectivity index (χ3n) is 5.93. The Labute approximate surface area is 221 Å². The SMILES string of the molecule is CC(C)C[C@H](CC(=O)[C@H](Cc1ccccc1)NC(=O)c1cnccn1)B1OC(=O)[C@H](C)S[C@H](C)C(=O)O1. The molecule has 0 aliphatic carbocycles. The van der Waals surface area contributed by atoms with Gasteiger partial charge in [-0.2, -0.15) is 0 Å². The number of nitrogens with zero attached hydrogens (tertiary/aromatic N) is 2.